The summed E-state index contributed by atoms with van der Waals surface area (Å²) >= 11 is 6.70. The van der Waals surface area contributed by atoms with E-state index in [9.17, 15) is 19.5 Å². The number of rotatable bonds is 6. The number of hydrogen-bond donors (Lipinski definition) is 2. The van der Waals surface area contributed by atoms with Crippen molar-refractivity contribution in [3.05, 3.63) is 46.5 Å². The van der Waals surface area contributed by atoms with Crippen molar-refractivity contribution in [2.75, 3.05) is 26.2 Å². The number of epoxide rings is 1. The molecule has 2 saturated heterocycles. The molecule has 2 N–H and O–H groups in total. The molecular formula is C33H45ClN2O9. The van der Waals surface area contributed by atoms with Crippen LogP contribution < -0.4 is 15.0 Å². The molecule has 45 heavy (non-hydrogen) atoms. The second-order valence-corrected chi connectivity index (χ2v) is 12.8. The molecule has 1 aromatic rings. The molecule has 3 heterocycles. The first kappa shape index (κ1) is 34.7. The van der Waals surface area contributed by atoms with Crippen molar-refractivity contribution in [1.82, 2.24) is 5.32 Å². The van der Waals surface area contributed by atoms with Crippen molar-refractivity contribution in [1.29, 1.82) is 0 Å². The van der Waals surface area contributed by atoms with Crippen LogP contribution in [0.5, 0.6) is 5.75 Å². The van der Waals surface area contributed by atoms with E-state index in [-0.39, 0.29) is 30.2 Å². The highest BCUT2D eigenvalue weighted by Gasteiger charge is 2.64. The van der Waals surface area contributed by atoms with Crippen molar-refractivity contribution in [3.8, 4) is 5.75 Å². The minimum atomic E-state index is -1.77. The van der Waals surface area contributed by atoms with Gasteiger partial charge in [0.15, 0.2) is 5.72 Å². The molecule has 4 bridgehead atoms. The van der Waals surface area contributed by atoms with Gasteiger partial charge >= 0.3 is 12.1 Å². The molecule has 0 saturated carbocycles. The molecule has 0 aromatic heterocycles. The lowest BCUT2D eigenvalue weighted by atomic mass is 9.83. The summed E-state index contributed by atoms with van der Waals surface area (Å²) in [6, 6.07) is 3.65. The van der Waals surface area contributed by atoms with E-state index in [2.05, 4.69) is 5.32 Å². The number of ether oxygens (including phenoxy) is 5. The lowest BCUT2D eigenvalue weighted by Gasteiger charge is -2.42. The van der Waals surface area contributed by atoms with Gasteiger partial charge in [0.2, 0.25) is 5.91 Å². The van der Waals surface area contributed by atoms with E-state index in [1.165, 1.54) is 19.1 Å². The number of nitrogens with one attached hydrogen (secondary N) is 1. The highest BCUT2D eigenvalue weighted by atomic mass is 35.5. The third kappa shape index (κ3) is 7.65. The molecule has 0 aliphatic carbocycles. The van der Waals surface area contributed by atoms with E-state index in [1.54, 1.807) is 26.1 Å². The molecule has 3 aliphatic rings. The number of unbranched alkanes of at least 4 members (excludes halogenated alkanes) is 1. The van der Waals surface area contributed by atoms with Crippen LogP contribution >= 0.6 is 11.6 Å². The molecule has 3 aliphatic heterocycles. The van der Waals surface area contributed by atoms with E-state index in [4.69, 9.17) is 35.3 Å². The first-order valence-electron chi connectivity index (χ1n) is 15.3. The Labute approximate surface area is 269 Å². The number of alkyl carbamates (subject to hydrolysis) is 1. The Morgan fingerprint density at radius 1 is 1.27 bits per heavy atom. The number of hydrogen-bond acceptors (Lipinski definition) is 9. The number of methoxy groups -OCH3 is 2. The summed E-state index contributed by atoms with van der Waals surface area (Å²) in [7, 11) is 4.58. The number of fused-ring (bicyclic) bond motifs is 5. The summed E-state index contributed by atoms with van der Waals surface area (Å²) < 4.78 is 28.9. The number of carbonyl (C=O) groups excluding carboxylic acids is 3. The van der Waals surface area contributed by atoms with Crippen molar-refractivity contribution in [2.24, 2.45) is 5.92 Å². The average Bonchev–Trinajstić information content (AvgIpc) is 3.69. The number of nitrogens with zero attached hydrogens (tertiary/aromatic N) is 1. The van der Waals surface area contributed by atoms with Crippen molar-refractivity contribution < 1.29 is 43.2 Å². The lowest BCUT2D eigenvalue weighted by molar-refractivity contribution is -0.154. The number of aliphatic hydroxyl groups is 1. The summed E-state index contributed by atoms with van der Waals surface area (Å²) in [5.74, 6) is -0.790. The van der Waals surface area contributed by atoms with E-state index in [0.717, 1.165) is 17.6 Å². The molecule has 248 valence electrons. The van der Waals surface area contributed by atoms with Gasteiger partial charge in [0.05, 0.1) is 25.3 Å². The molecule has 11 nitrogen and oxygen atoms in total. The van der Waals surface area contributed by atoms with Gasteiger partial charge in [-0.05, 0) is 44.4 Å². The van der Waals surface area contributed by atoms with E-state index >= 15 is 0 Å². The van der Waals surface area contributed by atoms with Crippen LogP contribution in [0.15, 0.2) is 35.9 Å². The SMILES string of the molecule is CCCCC(=O)O[C@H]1CC(=O)N(C)c2cc(cc(OC)c2Cl)C/C(C)=C\C=C\[C@@H](OC)[C@@]2(O)CC(OC(=O)N2)[C@@H](C)C2OC21C. The molecule has 2 fully saturated rings. The molecule has 0 radical (unpaired) electrons. The van der Waals surface area contributed by atoms with Gasteiger partial charge in [-0.15, -0.1) is 0 Å². The summed E-state index contributed by atoms with van der Waals surface area (Å²) in [4.78, 5) is 40.8. The molecule has 12 heteroatoms. The number of allylic oxidation sites excluding steroid dienone is 3. The van der Waals surface area contributed by atoms with Gasteiger partial charge in [0, 0.05) is 32.9 Å². The topological polar surface area (TPSA) is 136 Å². The molecule has 1 aromatic carbocycles. The van der Waals surface area contributed by atoms with Crippen LogP contribution in [0.25, 0.3) is 0 Å². The van der Waals surface area contributed by atoms with Crippen LogP contribution in [0, 0.1) is 5.92 Å². The van der Waals surface area contributed by atoms with Gasteiger partial charge in [-0.1, -0.05) is 55.7 Å². The zero-order valence-corrected chi connectivity index (χ0v) is 27.8. The fourth-order valence-corrected chi connectivity index (χ4v) is 6.46. The van der Waals surface area contributed by atoms with Crippen LogP contribution in [0.2, 0.25) is 5.02 Å². The normalized spacial score (nSPS) is 34.0. The van der Waals surface area contributed by atoms with E-state index in [1.807, 2.05) is 39.0 Å². The summed E-state index contributed by atoms with van der Waals surface area (Å²) in [5.41, 5.74) is -0.559. The standard InChI is InChI=1S/C33H45ClN2O9/c1-8-9-13-28(38)44-26-17-27(37)36(5)22-15-21(16-23(41-6)29(22)34)14-19(2)11-10-12-25(42-7)33(40)18-24(43-31(39)35-33)20(3)30-32(26,4)45-30/h10-12,15-16,20,24-26,30,40H,8-9,13-14,17-18H2,1-7H3,(H,35,39)/b12-10+,19-11-/t20-,24?,25-,26+,30?,32?,33+/m1/s1. The lowest BCUT2D eigenvalue weighted by Crippen LogP contribution is -2.63. The Balaban J connectivity index is 1.78. The highest BCUT2D eigenvalue weighted by Crippen LogP contribution is 2.49. The number of carbonyl (C=O) groups is 3. The quantitative estimate of drug-likeness (QED) is 0.327. The van der Waals surface area contributed by atoms with Gasteiger partial charge < -0.3 is 33.7 Å². The number of benzene rings is 1. The maximum atomic E-state index is 13.8. The largest absolute Gasteiger partial charge is 0.495 e. The van der Waals surface area contributed by atoms with Crippen molar-refractivity contribution >= 4 is 35.3 Å². The van der Waals surface area contributed by atoms with Gasteiger partial charge in [-0.25, -0.2) is 4.79 Å². The second kappa shape index (κ2) is 14.1. The van der Waals surface area contributed by atoms with Crippen LogP contribution in [0.3, 0.4) is 0 Å². The van der Waals surface area contributed by atoms with Crippen molar-refractivity contribution in [2.45, 2.75) is 102 Å². The van der Waals surface area contributed by atoms with Crippen LogP contribution in [0.4, 0.5) is 10.5 Å². The fraction of sp³-hybridized carbons (Fsp3) is 0.606. The van der Waals surface area contributed by atoms with Gasteiger partial charge in [-0.3, -0.25) is 14.9 Å². The third-order valence-corrected chi connectivity index (χ3v) is 9.34. The number of halogens is 1. The number of anilines is 1. The first-order chi connectivity index (χ1) is 21.3. The predicted molar refractivity (Wildman–Crippen MR) is 168 cm³/mol. The van der Waals surface area contributed by atoms with Gasteiger partial charge in [0.1, 0.15) is 34.7 Å². The maximum Gasteiger partial charge on any atom is 0.409 e. The third-order valence-electron chi connectivity index (χ3n) is 8.96. The molecular weight excluding hydrogens is 604 g/mol. The van der Waals surface area contributed by atoms with Crippen molar-refractivity contribution in [3.63, 3.8) is 0 Å². The van der Waals surface area contributed by atoms with Crippen LogP contribution in [-0.2, 0) is 35.0 Å². The predicted octanol–water partition coefficient (Wildman–Crippen LogP) is 4.86. The molecule has 4 rings (SSSR count). The first-order valence-corrected chi connectivity index (χ1v) is 15.7. The zero-order chi connectivity index (χ0) is 33.1. The van der Waals surface area contributed by atoms with Gasteiger partial charge in [-0.2, -0.15) is 0 Å². The second-order valence-electron chi connectivity index (χ2n) is 12.4. The monoisotopic (exact) mass is 648 g/mol. The average molecular weight is 649 g/mol. The molecule has 2 amide bonds. The maximum absolute atomic E-state index is 13.8. The Bertz CT molecular complexity index is 1350. The molecule has 7 atom stereocenters. The van der Waals surface area contributed by atoms with Gasteiger partial charge in [0.25, 0.3) is 0 Å². The molecule has 0 spiro atoms. The minimum Gasteiger partial charge on any atom is -0.495 e. The summed E-state index contributed by atoms with van der Waals surface area (Å²) in [6.07, 6.45) is 3.38. The number of amides is 2. The Kier molecular flexibility index (Phi) is 10.9. The van der Waals surface area contributed by atoms with E-state index in [0.29, 0.717) is 24.3 Å². The summed E-state index contributed by atoms with van der Waals surface area (Å²) in [5, 5.41) is 14.4. The smallest absolute Gasteiger partial charge is 0.409 e. The Morgan fingerprint density at radius 3 is 2.67 bits per heavy atom. The fourth-order valence-electron chi connectivity index (χ4n) is 6.14. The minimum absolute atomic E-state index is 0.00808. The summed E-state index contributed by atoms with van der Waals surface area (Å²) in [6.45, 7) is 7.54. The Hall–Kier alpha value is -3.12. The Morgan fingerprint density at radius 2 is 2.00 bits per heavy atom. The van der Waals surface area contributed by atoms with Crippen LogP contribution in [-0.4, -0.2) is 80.1 Å². The van der Waals surface area contributed by atoms with E-state index < -0.39 is 53.7 Å². The highest BCUT2D eigenvalue weighted by molar-refractivity contribution is 6.35. The van der Waals surface area contributed by atoms with Crippen LogP contribution in [0.1, 0.15) is 65.4 Å². The molecule has 3 unspecified atom stereocenters. The zero-order valence-electron chi connectivity index (χ0n) is 27.1. The number of esters is 1.